The highest BCUT2D eigenvalue weighted by Gasteiger charge is 2.35. The lowest BCUT2D eigenvalue weighted by Crippen LogP contribution is -2.47. The molecule has 7 nitrogen and oxygen atoms in total. The Morgan fingerprint density at radius 1 is 1.30 bits per heavy atom. The van der Waals surface area contributed by atoms with Gasteiger partial charge in [-0.15, -0.1) is 0 Å². The largest absolute Gasteiger partial charge is 0.396 e. The second-order valence-corrected chi connectivity index (χ2v) is 9.42. The quantitative estimate of drug-likeness (QED) is 0.767. The zero-order valence-corrected chi connectivity index (χ0v) is 16.4. The van der Waals surface area contributed by atoms with Gasteiger partial charge in [0.15, 0.2) is 0 Å². The average molecular weight is 402 g/mol. The minimum absolute atomic E-state index is 0.00895. The van der Waals surface area contributed by atoms with Crippen molar-refractivity contribution in [2.45, 2.75) is 49.8 Å². The Balaban J connectivity index is 1.78. The van der Waals surface area contributed by atoms with Crippen LogP contribution >= 0.6 is 0 Å². The summed E-state index contributed by atoms with van der Waals surface area (Å²) in [6.07, 6.45) is 1.53. The molecule has 2 saturated heterocycles. The van der Waals surface area contributed by atoms with E-state index in [1.807, 2.05) is 0 Å². The van der Waals surface area contributed by atoms with E-state index in [4.69, 9.17) is 5.11 Å². The molecule has 0 aliphatic carbocycles. The molecule has 0 bridgehead atoms. The van der Waals surface area contributed by atoms with Gasteiger partial charge in [0.05, 0.1) is 6.10 Å². The van der Waals surface area contributed by atoms with Crippen molar-refractivity contribution in [3.63, 3.8) is 0 Å². The predicted molar refractivity (Wildman–Crippen MR) is 99.9 cm³/mol. The van der Waals surface area contributed by atoms with Gasteiger partial charge in [-0.05, 0) is 50.2 Å². The van der Waals surface area contributed by atoms with Crippen LogP contribution < -0.4 is 4.90 Å². The fourth-order valence-corrected chi connectivity index (χ4v) is 5.52. The van der Waals surface area contributed by atoms with Crippen LogP contribution in [0.4, 0.5) is 10.2 Å². The van der Waals surface area contributed by atoms with Crippen LogP contribution in [0.5, 0.6) is 0 Å². The van der Waals surface area contributed by atoms with E-state index >= 15 is 0 Å². The topological polar surface area (TPSA) is 94.0 Å². The van der Waals surface area contributed by atoms with Crippen LogP contribution in [-0.4, -0.2) is 73.0 Å². The SMILES string of the molecule is Cc1cc(N2CCCC(CCO)C2)ncc1S(=O)(=O)N1CC[C@@H](F)[C@H](O)C1. The van der Waals surface area contributed by atoms with Crippen LogP contribution in [0.3, 0.4) is 0 Å². The number of pyridine rings is 1. The second kappa shape index (κ2) is 8.38. The Morgan fingerprint density at radius 3 is 2.74 bits per heavy atom. The van der Waals surface area contributed by atoms with Crippen LogP contribution in [0.2, 0.25) is 0 Å². The summed E-state index contributed by atoms with van der Waals surface area (Å²) in [5.74, 6) is 1.15. The summed E-state index contributed by atoms with van der Waals surface area (Å²) in [6.45, 7) is 3.37. The minimum atomic E-state index is -3.82. The fraction of sp³-hybridized carbons (Fsp3) is 0.722. The number of halogens is 1. The van der Waals surface area contributed by atoms with Crippen molar-refractivity contribution in [3.05, 3.63) is 17.8 Å². The van der Waals surface area contributed by atoms with Crippen molar-refractivity contribution in [2.75, 3.05) is 37.7 Å². The molecule has 0 spiro atoms. The summed E-state index contributed by atoms with van der Waals surface area (Å²) in [6, 6.07) is 1.77. The van der Waals surface area contributed by atoms with Gasteiger partial charge < -0.3 is 15.1 Å². The number of anilines is 1. The number of rotatable bonds is 5. The molecule has 2 aliphatic heterocycles. The highest BCUT2D eigenvalue weighted by atomic mass is 32.2. The molecule has 0 amide bonds. The van der Waals surface area contributed by atoms with Gasteiger partial charge in [-0.2, -0.15) is 4.31 Å². The summed E-state index contributed by atoms with van der Waals surface area (Å²) in [4.78, 5) is 6.60. The molecule has 152 valence electrons. The summed E-state index contributed by atoms with van der Waals surface area (Å²) < 4.78 is 40.4. The first-order valence-electron chi connectivity index (χ1n) is 9.47. The first-order valence-corrected chi connectivity index (χ1v) is 10.9. The Bertz CT molecular complexity index is 759. The average Bonchev–Trinajstić information content (AvgIpc) is 2.64. The Kier molecular flexibility index (Phi) is 6.35. The van der Waals surface area contributed by atoms with Crippen molar-refractivity contribution in [1.29, 1.82) is 0 Å². The van der Waals surface area contributed by atoms with Gasteiger partial charge >= 0.3 is 0 Å². The zero-order chi connectivity index (χ0) is 19.6. The van der Waals surface area contributed by atoms with E-state index in [-0.39, 0.29) is 31.0 Å². The number of β-amino-alcohol motifs (C(OH)–C–C–N with tert-alkyl or cyclic N) is 1. The van der Waals surface area contributed by atoms with Gasteiger partial charge in [0.1, 0.15) is 16.9 Å². The number of hydrogen-bond acceptors (Lipinski definition) is 6. The molecular formula is C18H28FN3O4S. The predicted octanol–water partition coefficient (Wildman–Crippen LogP) is 1.08. The lowest BCUT2D eigenvalue weighted by atomic mass is 9.95. The van der Waals surface area contributed by atoms with E-state index in [0.29, 0.717) is 11.5 Å². The van der Waals surface area contributed by atoms with Gasteiger partial charge in [-0.25, -0.2) is 17.8 Å². The Hall–Kier alpha value is -1.29. The van der Waals surface area contributed by atoms with Gasteiger partial charge in [-0.3, -0.25) is 0 Å². The highest BCUT2D eigenvalue weighted by molar-refractivity contribution is 7.89. The number of alkyl halides is 1. The van der Waals surface area contributed by atoms with Crippen LogP contribution in [0.15, 0.2) is 17.2 Å². The molecule has 0 radical (unpaired) electrons. The number of sulfonamides is 1. The van der Waals surface area contributed by atoms with E-state index in [9.17, 15) is 17.9 Å². The lowest BCUT2D eigenvalue weighted by Gasteiger charge is -2.34. The summed E-state index contributed by atoms with van der Waals surface area (Å²) in [5.41, 5.74) is 0.584. The third-order valence-corrected chi connectivity index (χ3v) is 7.50. The molecule has 1 unspecified atom stereocenters. The van der Waals surface area contributed by atoms with Crippen molar-refractivity contribution < 1.29 is 23.0 Å². The highest BCUT2D eigenvalue weighted by Crippen LogP contribution is 2.28. The number of piperidine rings is 2. The van der Waals surface area contributed by atoms with Gasteiger partial charge in [0.25, 0.3) is 0 Å². The Labute approximate surface area is 159 Å². The molecule has 3 atom stereocenters. The van der Waals surface area contributed by atoms with Crippen LogP contribution in [0.1, 0.15) is 31.2 Å². The molecular weight excluding hydrogens is 373 g/mol. The normalized spacial score (nSPS) is 27.7. The number of aliphatic hydroxyl groups is 2. The molecule has 3 heterocycles. The number of nitrogens with zero attached hydrogens (tertiary/aromatic N) is 3. The van der Waals surface area contributed by atoms with Crippen LogP contribution in [0, 0.1) is 12.8 Å². The second-order valence-electron chi connectivity index (χ2n) is 7.51. The molecule has 27 heavy (non-hydrogen) atoms. The maximum absolute atomic E-state index is 13.5. The Morgan fingerprint density at radius 2 is 2.07 bits per heavy atom. The third-order valence-electron chi connectivity index (χ3n) is 5.51. The lowest BCUT2D eigenvalue weighted by molar-refractivity contribution is 0.0293. The first kappa shape index (κ1) is 20.4. The van der Waals surface area contributed by atoms with Crippen LogP contribution in [0.25, 0.3) is 0 Å². The minimum Gasteiger partial charge on any atom is -0.396 e. The summed E-state index contributed by atoms with van der Waals surface area (Å²) in [7, 11) is -3.82. The summed E-state index contributed by atoms with van der Waals surface area (Å²) in [5, 5.41) is 18.8. The number of aryl methyl sites for hydroxylation is 1. The molecule has 2 N–H and O–H groups in total. The van der Waals surface area contributed by atoms with E-state index < -0.39 is 22.3 Å². The van der Waals surface area contributed by atoms with Crippen molar-refractivity contribution in [3.8, 4) is 0 Å². The molecule has 1 aromatic rings. The number of hydrogen-bond donors (Lipinski definition) is 2. The molecule has 2 aliphatic rings. The molecule has 0 saturated carbocycles. The molecule has 9 heteroatoms. The maximum atomic E-state index is 13.5. The van der Waals surface area contributed by atoms with Gasteiger partial charge in [0, 0.05) is 39.0 Å². The third kappa shape index (κ3) is 4.42. The first-order chi connectivity index (χ1) is 12.8. The molecule has 0 aromatic carbocycles. The monoisotopic (exact) mass is 401 g/mol. The van der Waals surface area contributed by atoms with Gasteiger partial charge in [-0.1, -0.05) is 0 Å². The standard InChI is InChI=1S/C18H28FN3O4S/c1-13-9-18(21-6-2-3-14(11-21)5-8-23)20-10-17(13)27(25,26)22-7-4-15(19)16(24)12-22/h9-10,14-16,23-24H,2-8,11-12H2,1H3/t14?,15-,16-/m1/s1. The van der Waals surface area contributed by atoms with E-state index in [1.54, 1.807) is 13.0 Å². The maximum Gasteiger partial charge on any atom is 0.244 e. The molecule has 1 aromatic heterocycles. The smallest absolute Gasteiger partial charge is 0.244 e. The number of aromatic nitrogens is 1. The van der Waals surface area contributed by atoms with Gasteiger partial charge in [0.2, 0.25) is 10.0 Å². The van der Waals surface area contributed by atoms with E-state index in [1.165, 1.54) is 6.20 Å². The van der Waals surface area contributed by atoms with Crippen molar-refractivity contribution in [2.24, 2.45) is 5.92 Å². The van der Waals surface area contributed by atoms with E-state index in [2.05, 4.69) is 9.88 Å². The zero-order valence-electron chi connectivity index (χ0n) is 15.6. The summed E-state index contributed by atoms with van der Waals surface area (Å²) >= 11 is 0. The number of aliphatic hydroxyl groups excluding tert-OH is 2. The van der Waals surface area contributed by atoms with Crippen molar-refractivity contribution >= 4 is 15.8 Å². The van der Waals surface area contributed by atoms with Crippen LogP contribution in [-0.2, 0) is 10.0 Å². The van der Waals surface area contributed by atoms with Crippen molar-refractivity contribution in [1.82, 2.24) is 9.29 Å². The fourth-order valence-electron chi connectivity index (χ4n) is 3.89. The van der Waals surface area contributed by atoms with E-state index in [0.717, 1.165) is 42.5 Å². The molecule has 2 fully saturated rings. The molecule has 3 rings (SSSR count).